The Kier molecular flexibility index (Phi) is 3.27. The molecule has 27 heavy (non-hydrogen) atoms. The van der Waals surface area contributed by atoms with Gasteiger partial charge in [-0.25, -0.2) is 4.90 Å². The fourth-order valence-electron chi connectivity index (χ4n) is 5.70. The molecular weight excluding hydrogens is 338 g/mol. The Morgan fingerprint density at radius 2 is 1.44 bits per heavy atom. The molecule has 4 nitrogen and oxygen atoms in total. The third-order valence-corrected chi connectivity index (χ3v) is 6.55. The monoisotopic (exact) mass is 359 g/mol. The molecule has 0 spiro atoms. The van der Waals surface area contributed by atoms with Gasteiger partial charge in [-0.2, -0.15) is 0 Å². The van der Waals surface area contributed by atoms with E-state index in [1.807, 2.05) is 57.2 Å². The molecule has 0 radical (unpaired) electrons. The molecule has 1 heterocycles. The van der Waals surface area contributed by atoms with Crippen molar-refractivity contribution in [1.29, 1.82) is 0 Å². The number of fused-ring (bicyclic) bond motifs is 1. The first-order chi connectivity index (χ1) is 12.9. The lowest BCUT2D eigenvalue weighted by molar-refractivity contribution is -0.134. The van der Waals surface area contributed by atoms with Gasteiger partial charge < -0.3 is 0 Å². The average Bonchev–Trinajstić information content (AvgIpc) is 2.87. The molecule has 0 N–H and O–H groups in total. The van der Waals surface area contributed by atoms with E-state index in [0.717, 1.165) is 27.8 Å². The summed E-state index contributed by atoms with van der Waals surface area (Å²) in [6.07, 6.45) is 0.363. The maximum Gasteiger partial charge on any atom is 0.238 e. The summed E-state index contributed by atoms with van der Waals surface area (Å²) in [4.78, 5) is 41.0. The van der Waals surface area contributed by atoms with Crippen LogP contribution in [0.2, 0.25) is 0 Å². The number of hydrogen-bond donors (Lipinski definition) is 0. The minimum atomic E-state index is -0.557. The van der Waals surface area contributed by atoms with Crippen LogP contribution in [0.3, 0.4) is 0 Å². The van der Waals surface area contributed by atoms with Crippen LogP contribution in [-0.4, -0.2) is 17.6 Å². The molecule has 2 fully saturated rings. The molecule has 6 rings (SSSR count). The maximum absolute atomic E-state index is 13.4. The second-order valence-electron chi connectivity index (χ2n) is 8.19. The van der Waals surface area contributed by atoms with Crippen LogP contribution in [0.5, 0.6) is 0 Å². The first-order valence-corrected chi connectivity index (χ1v) is 9.47. The highest BCUT2D eigenvalue weighted by molar-refractivity contribution is 6.25. The Hall–Kier alpha value is -2.75. The smallest absolute Gasteiger partial charge is 0.238 e. The van der Waals surface area contributed by atoms with Crippen molar-refractivity contribution >= 4 is 23.3 Å². The van der Waals surface area contributed by atoms with Crippen LogP contribution >= 0.6 is 0 Å². The summed E-state index contributed by atoms with van der Waals surface area (Å²) in [6, 6.07) is 11.8. The van der Waals surface area contributed by atoms with E-state index < -0.39 is 17.8 Å². The average molecular weight is 359 g/mol. The van der Waals surface area contributed by atoms with Gasteiger partial charge in [-0.1, -0.05) is 42.0 Å². The Bertz CT molecular complexity index is 1010. The predicted molar refractivity (Wildman–Crippen MR) is 102 cm³/mol. The highest BCUT2D eigenvalue weighted by Gasteiger charge is 2.62. The summed E-state index contributed by atoms with van der Waals surface area (Å²) in [6.45, 7) is 5.88. The molecule has 0 aromatic heterocycles. The second kappa shape index (κ2) is 5.38. The van der Waals surface area contributed by atoms with Crippen molar-refractivity contribution in [3.63, 3.8) is 0 Å². The lowest BCUT2D eigenvalue weighted by atomic mass is 9.56. The number of aryl methyl sites for hydroxylation is 3. The number of Topliss-reactive ketones (excluding diaryl/α,β-unsaturated/α-hetero) is 1. The summed E-state index contributed by atoms with van der Waals surface area (Å²) in [7, 11) is 0. The van der Waals surface area contributed by atoms with Crippen LogP contribution < -0.4 is 4.90 Å². The van der Waals surface area contributed by atoms with Gasteiger partial charge in [-0.05, 0) is 43.0 Å². The molecule has 4 atom stereocenters. The molecule has 136 valence electrons. The number of nitrogens with zero attached hydrogens (tertiary/aromatic N) is 1. The second-order valence-corrected chi connectivity index (χ2v) is 8.19. The summed E-state index contributed by atoms with van der Waals surface area (Å²) < 4.78 is 0. The first kappa shape index (κ1) is 16.4. The van der Waals surface area contributed by atoms with Gasteiger partial charge in [0.2, 0.25) is 11.8 Å². The van der Waals surface area contributed by atoms with E-state index in [4.69, 9.17) is 0 Å². The van der Waals surface area contributed by atoms with Crippen molar-refractivity contribution in [1.82, 2.24) is 0 Å². The van der Waals surface area contributed by atoms with Gasteiger partial charge in [-0.3, -0.25) is 14.4 Å². The van der Waals surface area contributed by atoms with Crippen LogP contribution in [0.1, 0.15) is 46.1 Å². The summed E-state index contributed by atoms with van der Waals surface area (Å²) in [5, 5.41) is 0. The van der Waals surface area contributed by atoms with Gasteiger partial charge in [0, 0.05) is 12.3 Å². The Morgan fingerprint density at radius 3 is 2.11 bits per heavy atom. The third kappa shape index (κ3) is 2.01. The predicted octanol–water partition coefficient (Wildman–Crippen LogP) is 3.57. The number of imide groups is 1. The Balaban J connectivity index is 1.68. The molecule has 1 aliphatic heterocycles. The normalized spacial score (nSPS) is 28.6. The molecule has 2 bridgehead atoms. The van der Waals surface area contributed by atoms with Crippen LogP contribution in [0.15, 0.2) is 36.4 Å². The van der Waals surface area contributed by atoms with E-state index in [2.05, 4.69) is 0 Å². The number of hydrogen-bond acceptors (Lipinski definition) is 3. The van der Waals surface area contributed by atoms with E-state index >= 15 is 0 Å². The number of rotatable bonds is 1. The zero-order valence-electron chi connectivity index (χ0n) is 15.7. The fraction of sp³-hybridized carbons (Fsp3) is 0.348. The molecule has 2 amide bonds. The molecule has 3 aliphatic carbocycles. The fourth-order valence-corrected chi connectivity index (χ4v) is 5.70. The Morgan fingerprint density at radius 1 is 0.852 bits per heavy atom. The SMILES string of the molecule is Cc1cc(C)c(N2C(=O)[C@@H]3[C@H](C2=O)[C@@H]2C(=O)C[C@@H]3c3ccccc32)c(C)c1. The lowest BCUT2D eigenvalue weighted by Gasteiger charge is -2.43. The highest BCUT2D eigenvalue weighted by atomic mass is 16.2. The van der Waals surface area contributed by atoms with Crippen molar-refractivity contribution in [2.24, 2.45) is 11.8 Å². The van der Waals surface area contributed by atoms with Gasteiger partial charge in [0.05, 0.1) is 23.4 Å². The number of ketones is 1. The summed E-state index contributed by atoms with van der Waals surface area (Å²) in [5.74, 6) is -1.90. The number of anilines is 1. The third-order valence-electron chi connectivity index (χ3n) is 6.55. The molecule has 1 saturated heterocycles. The maximum atomic E-state index is 13.4. The van der Waals surface area contributed by atoms with E-state index in [-0.39, 0.29) is 23.5 Å². The minimum Gasteiger partial charge on any atom is -0.299 e. The van der Waals surface area contributed by atoms with E-state index in [1.165, 1.54) is 4.90 Å². The molecular formula is C23H21NO3. The van der Waals surface area contributed by atoms with Gasteiger partial charge in [-0.15, -0.1) is 0 Å². The first-order valence-electron chi connectivity index (χ1n) is 9.47. The zero-order valence-corrected chi connectivity index (χ0v) is 15.7. The molecule has 1 saturated carbocycles. The highest BCUT2D eigenvalue weighted by Crippen LogP contribution is 2.58. The van der Waals surface area contributed by atoms with Gasteiger partial charge in [0.1, 0.15) is 5.78 Å². The van der Waals surface area contributed by atoms with E-state index in [9.17, 15) is 14.4 Å². The molecule has 4 aliphatic rings. The Labute approximate surface area is 158 Å². The molecule has 2 aromatic carbocycles. The van der Waals surface area contributed by atoms with Crippen molar-refractivity contribution in [2.75, 3.05) is 4.90 Å². The number of carbonyl (C=O) groups is 3. The number of benzene rings is 2. The van der Waals surface area contributed by atoms with E-state index in [0.29, 0.717) is 12.1 Å². The lowest BCUT2D eigenvalue weighted by Crippen LogP contribution is -2.44. The number of carbonyl (C=O) groups excluding carboxylic acids is 3. The van der Waals surface area contributed by atoms with Crippen molar-refractivity contribution < 1.29 is 14.4 Å². The van der Waals surface area contributed by atoms with Crippen molar-refractivity contribution in [3.05, 3.63) is 64.2 Å². The van der Waals surface area contributed by atoms with Gasteiger partial charge >= 0.3 is 0 Å². The molecule has 0 unspecified atom stereocenters. The number of amides is 2. The van der Waals surface area contributed by atoms with Gasteiger partial charge in [0.15, 0.2) is 0 Å². The molecule has 4 heteroatoms. The molecule has 2 aromatic rings. The van der Waals surface area contributed by atoms with Crippen LogP contribution in [0.4, 0.5) is 5.69 Å². The van der Waals surface area contributed by atoms with Crippen molar-refractivity contribution in [2.45, 2.75) is 39.0 Å². The van der Waals surface area contributed by atoms with E-state index in [1.54, 1.807) is 0 Å². The van der Waals surface area contributed by atoms with Gasteiger partial charge in [0.25, 0.3) is 0 Å². The summed E-state index contributed by atoms with van der Waals surface area (Å²) in [5.41, 5.74) is 5.66. The zero-order chi connectivity index (χ0) is 19.0. The topological polar surface area (TPSA) is 54.5 Å². The van der Waals surface area contributed by atoms with Crippen LogP contribution in [0.25, 0.3) is 0 Å². The minimum absolute atomic E-state index is 0.0975. The van der Waals surface area contributed by atoms with Crippen LogP contribution in [-0.2, 0) is 14.4 Å². The summed E-state index contributed by atoms with van der Waals surface area (Å²) >= 11 is 0. The largest absolute Gasteiger partial charge is 0.299 e. The van der Waals surface area contributed by atoms with Crippen LogP contribution in [0, 0.1) is 32.6 Å². The standard InChI is InChI=1S/C23H21NO3/c1-11-8-12(2)21(13(3)9-11)24-22(26)19-16-10-17(25)18(20(19)23(24)27)15-7-5-4-6-14(15)16/h4-9,16,18-20H,10H2,1-3H3/t16-,18+,19+,20-/m1/s1. The van der Waals surface area contributed by atoms with Crippen molar-refractivity contribution in [3.8, 4) is 0 Å². The quantitative estimate of drug-likeness (QED) is 0.732.